The molecule has 10 rings (SSSR count). The highest BCUT2D eigenvalue weighted by Gasteiger charge is 2.29. The first-order chi connectivity index (χ1) is 32.9. The molecular formula is C64H62N4O. The van der Waals surface area contributed by atoms with Crippen molar-refractivity contribution in [3.8, 4) is 39.9 Å². The first kappa shape index (κ1) is 45.3. The molecule has 10 aromatic rings. The predicted octanol–water partition coefficient (Wildman–Crippen LogP) is 15.8. The molecule has 3 heterocycles. The van der Waals surface area contributed by atoms with Crippen molar-refractivity contribution in [3.63, 3.8) is 0 Å². The molecule has 0 N–H and O–H groups in total. The third-order valence-electron chi connectivity index (χ3n) is 14.1. The molecule has 69 heavy (non-hydrogen) atoms. The third kappa shape index (κ3) is 8.67. The van der Waals surface area contributed by atoms with Gasteiger partial charge in [0.25, 0.3) is 6.33 Å². The lowest BCUT2D eigenvalue weighted by atomic mass is 9.75. The molecule has 0 bridgehead atoms. The highest BCUT2D eigenvalue weighted by atomic mass is 16.5. The van der Waals surface area contributed by atoms with E-state index >= 15 is 0 Å². The second kappa shape index (κ2) is 17.2. The second-order valence-electron chi connectivity index (χ2n) is 21.7. The van der Waals surface area contributed by atoms with Crippen molar-refractivity contribution >= 4 is 21.8 Å². The van der Waals surface area contributed by atoms with Crippen LogP contribution >= 0.6 is 0 Å². The Morgan fingerprint density at radius 1 is 0.464 bits per heavy atom. The fourth-order valence-electron chi connectivity index (χ4n) is 9.64. The molecule has 3 aromatic heterocycles. The van der Waals surface area contributed by atoms with Crippen molar-refractivity contribution in [3.05, 3.63) is 234 Å². The van der Waals surface area contributed by atoms with Crippen LogP contribution in [0, 0.1) is 6.33 Å². The molecule has 344 valence electrons. The Balaban J connectivity index is 1.15. The third-order valence-corrected chi connectivity index (χ3v) is 14.1. The Morgan fingerprint density at radius 3 is 1.70 bits per heavy atom. The zero-order valence-corrected chi connectivity index (χ0v) is 41.7. The Labute approximate surface area is 408 Å². The number of nitrogens with zero attached hydrogens (tertiary/aromatic N) is 4. The quantitative estimate of drug-likeness (QED) is 0.101. The smallest absolute Gasteiger partial charge is 0.269 e. The number of ether oxygens (including phenoxy) is 1. The summed E-state index contributed by atoms with van der Waals surface area (Å²) in [6.07, 6.45) is 8.00. The number of pyridine rings is 1. The Kier molecular flexibility index (Phi) is 11.3. The maximum absolute atomic E-state index is 7.07. The van der Waals surface area contributed by atoms with Gasteiger partial charge in [-0.1, -0.05) is 184 Å². The van der Waals surface area contributed by atoms with E-state index in [1.54, 1.807) is 0 Å². The monoisotopic (exact) mass is 902 g/mol. The number of fused-ring (bicyclic) bond motifs is 3. The van der Waals surface area contributed by atoms with Crippen molar-refractivity contribution in [2.75, 3.05) is 0 Å². The number of imidazole rings is 1. The topological polar surface area (TPSA) is 35.9 Å². The van der Waals surface area contributed by atoms with Crippen LogP contribution in [0.2, 0.25) is 0 Å². The van der Waals surface area contributed by atoms with Gasteiger partial charge in [0.1, 0.15) is 17.3 Å². The van der Waals surface area contributed by atoms with Crippen LogP contribution in [-0.2, 0) is 21.7 Å². The van der Waals surface area contributed by atoms with Gasteiger partial charge >= 0.3 is 0 Å². The number of hydrogen-bond donors (Lipinski definition) is 0. The molecule has 0 saturated carbocycles. The summed E-state index contributed by atoms with van der Waals surface area (Å²) in [5, 5.41) is 2.32. The van der Waals surface area contributed by atoms with Crippen LogP contribution in [0.15, 0.2) is 194 Å². The van der Waals surface area contributed by atoms with Crippen LogP contribution in [-0.4, -0.2) is 14.1 Å². The molecule has 0 amide bonds. The van der Waals surface area contributed by atoms with Gasteiger partial charge in [-0.15, -0.1) is 0 Å². The lowest BCUT2D eigenvalue weighted by Crippen LogP contribution is -2.33. The standard InChI is InChI=1S/C64H62N4O/c1-61(2,3)47-32-33-65-60(39-47)68-57-29-21-20-28-55(57)56-31-30-53(41-58(56)68)69-54-38-50(64(9,10)46-26-18-13-19-27-46)36-51(40-54)66-42-59(44-22-14-11-15-23-44)67(43-66)52-35-48(62(4,5)6)34-49(37-52)63(7,8)45-24-16-12-17-25-45/h11-42H,1-10H3. The van der Waals surface area contributed by atoms with Crippen molar-refractivity contribution < 1.29 is 9.30 Å². The van der Waals surface area contributed by atoms with Gasteiger partial charge in [-0.25, -0.2) is 4.98 Å². The number of rotatable bonds is 10. The molecule has 0 aliphatic heterocycles. The molecule has 0 saturated heterocycles. The highest BCUT2D eigenvalue weighted by molar-refractivity contribution is 6.09. The van der Waals surface area contributed by atoms with E-state index in [2.05, 4.69) is 277 Å². The molecular weight excluding hydrogens is 841 g/mol. The molecule has 0 aliphatic carbocycles. The first-order valence-corrected chi connectivity index (χ1v) is 24.2. The largest absolute Gasteiger partial charge is 0.458 e. The van der Waals surface area contributed by atoms with Crippen molar-refractivity contribution in [2.45, 2.75) is 90.9 Å². The van der Waals surface area contributed by atoms with Gasteiger partial charge in [0.2, 0.25) is 0 Å². The normalized spacial score (nSPS) is 12.5. The SMILES string of the molecule is CC(C)(C)c1cc(-[n+]2[c-]n(-c3cc(Oc4ccc5c6ccccc6n(-c6cc(C(C)(C)C)ccn6)c5c4)cc(C(C)(C)c4ccccc4)c3)cc2-c2ccccc2)cc(C(C)(C)c2ccccc2)c1. The maximum Gasteiger partial charge on any atom is 0.269 e. The van der Waals surface area contributed by atoms with E-state index in [4.69, 9.17) is 9.72 Å². The number of benzene rings is 7. The zero-order chi connectivity index (χ0) is 48.3. The van der Waals surface area contributed by atoms with Gasteiger partial charge in [0.15, 0.2) is 0 Å². The van der Waals surface area contributed by atoms with Crippen molar-refractivity contribution in [1.29, 1.82) is 0 Å². The minimum atomic E-state index is -0.361. The molecule has 5 nitrogen and oxygen atoms in total. The molecule has 0 atom stereocenters. The fraction of sp³-hybridized carbons (Fsp3) is 0.219. The van der Waals surface area contributed by atoms with Crippen LogP contribution in [0.5, 0.6) is 11.5 Å². The van der Waals surface area contributed by atoms with E-state index in [1.165, 1.54) is 33.2 Å². The Hall–Kier alpha value is -7.50. The van der Waals surface area contributed by atoms with E-state index in [0.717, 1.165) is 61.9 Å². The summed E-state index contributed by atoms with van der Waals surface area (Å²) in [7, 11) is 0. The number of hydrogen-bond acceptors (Lipinski definition) is 2. The summed E-state index contributed by atoms with van der Waals surface area (Å²) >= 11 is 0. The van der Waals surface area contributed by atoms with E-state index in [-0.39, 0.29) is 21.7 Å². The zero-order valence-electron chi connectivity index (χ0n) is 41.7. The first-order valence-electron chi connectivity index (χ1n) is 24.2. The lowest BCUT2D eigenvalue weighted by Gasteiger charge is -2.30. The average molecular weight is 903 g/mol. The van der Waals surface area contributed by atoms with Gasteiger partial charge in [0.05, 0.1) is 28.1 Å². The van der Waals surface area contributed by atoms with Crippen LogP contribution < -0.4 is 9.30 Å². The molecule has 5 heteroatoms. The predicted molar refractivity (Wildman–Crippen MR) is 285 cm³/mol. The summed E-state index contributed by atoms with van der Waals surface area (Å²) in [6, 6.07) is 65.3. The second-order valence-corrected chi connectivity index (χ2v) is 21.7. The van der Waals surface area contributed by atoms with Crippen LogP contribution in [0.4, 0.5) is 0 Å². The number of aromatic nitrogens is 4. The van der Waals surface area contributed by atoms with E-state index < -0.39 is 0 Å². The van der Waals surface area contributed by atoms with Gasteiger partial charge in [-0.05, 0) is 110 Å². The van der Waals surface area contributed by atoms with Crippen LogP contribution in [0.25, 0.3) is 50.3 Å². The summed E-state index contributed by atoms with van der Waals surface area (Å²) < 4.78 is 13.7. The summed E-state index contributed by atoms with van der Waals surface area (Å²) in [4.78, 5) is 4.94. The molecule has 7 aromatic carbocycles. The van der Waals surface area contributed by atoms with Crippen LogP contribution in [0.3, 0.4) is 0 Å². The van der Waals surface area contributed by atoms with Crippen molar-refractivity contribution in [1.82, 2.24) is 14.1 Å². The minimum absolute atomic E-state index is 0.0298. The molecule has 0 aliphatic rings. The fourth-order valence-corrected chi connectivity index (χ4v) is 9.64. The van der Waals surface area contributed by atoms with Gasteiger partial charge in [-0.3, -0.25) is 13.7 Å². The highest BCUT2D eigenvalue weighted by Crippen LogP contribution is 2.40. The molecule has 0 spiro atoms. The van der Waals surface area contributed by atoms with E-state index in [1.807, 2.05) is 6.20 Å². The lowest BCUT2D eigenvalue weighted by molar-refractivity contribution is -0.588. The minimum Gasteiger partial charge on any atom is -0.458 e. The van der Waals surface area contributed by atoms with E-state index in [9.17, 15) is 0 Å². The average Bonchev–Trinajstić information content (AvgIpc) is 3.94. The van der Waals surface area contributed by atoms with Crippen LogP contribution in [0.1, 0.15) is 103 Å². The van der Waals surface area contributed by atoms with Gasteiger partial charge in [0, 0.05) is 40.1 Å². The molecule has 0 fully saturated rings. The van der Waals surface area contributed by atoms with Crippen molar-refractivity contribution in [2.24, 2.45) is 0 Å². The Bertz CT molecular complexity index is 3470. The molecule has 0 radical (unpaired) electrons. The summed E-state index contributed by atoms with van der Waals surface area (Å²) in [5.41, 5.74) is 12.9. The van der Waals surface area contributed by atoms with Gasteiger partial charge < -0.3 is 4.74 Å². The maximum atomic E-state index is 7.07. The molecule has 0 unspecified atom stereocenters. The summed E-state index contributed by atoms with van der Waals surface area (Å²) in [5.74, 6) is 2.36. The Morgan fingerprint density at radius 2 is 1.04 bits per heavy atom. The van der Waals surface area contributed by atoms with Gasteiger partial charge in [-0.2, -0.15) is 0 Å². The van der Waals surface area contributed by atoms with E-state index in [0.29, 0.717) is 0 Å². The number of para-hydroxylation sites is 1. The summed E-state index contributed by atoms with van der Waals surface area (Å²) in [6.45, 7) is 22.8.